The van der Waals surface area contributed by atoms with Crippen molar-refractivity contribution in [2.45, 2.75) is 44.7 Å². The van der Waals surface area contributed by atoms with Crippen molar-refractivity contribution in [1.29, 1.82) is 5.26 Å². The van der Waals surface area contributed by atoms with E-state index < -0.39 is 0 Å². The molecule has 3 heterocycles. The number of nitrogens with zero attached hydrogens (tertiary/aromatic N) is 5. The fourth-order valence-electron chi connectivity index (χ4n) is 4.20. The lowest BCUT2D eigenvalue weighted by Crippen LogP contribution is -2.43. The number of nitrogens with one attached hydrogen (secondary N) is 3. The minimum Gasteiger partial charge on any atom is -0.368 e. The number of carbonyl (C=O) groups excluding carboxylic acids is 1. The highest BCUT2D eigenvalue weighted by atomic mass is 16.1. The smallest absolute Gasteiger partial charge is 0.221 e. The second-order valence-electron chi connectivity index (χ2n) is 8.74. The minimum atomic E-state index is -0.136. The monoisotopic (exact) mass is 445 g/mol. The van der Waals surface area contributed by atoms with Crippen molar-refractivity contribution in [3.8, 4) is 6.07 Å². The van der Waals surface area contributed by atoms with Gasteiger partial charge in [-0.3, -0.25) is 4.79 Å². The highest BCUT2D eigenvalue weighted by Gasteiger charge is 2.24. The number of carbonyl (C=O) groups is 1. The maximum Gasteiger partial charge on any atom is 0.221 e. The normalized spacial score (nSPS) is 18.1. The number of hydrogen-bond acceptors (Lipinski definition) is 8. The summed E-state index contributed by atoms with van der Waals surface area (Å²) < 4.78 is 1.66. The van der Waals surface area contributed by atoms with Crippen LogP contribution in [0.25, 0.3) is 5.65 Å². The highest BCUT2D eigenvalue weighted by molar-refractivity contribution is 5.94. The minimum absolute atomic E-state index is 0.125. The van der Waals surface area contributed by atoms with Gasteiger partial charge in [0.15, 0.2) is 5.65 Å². The van der Waals surface area contributed by atoms with E-state index in [9.17, 15) is 10.1 Å². The van der Waals surface area contributed by atoms with Crippen molar-refractivity contribution in [2.24, 2.45) is 5.73 Å². The Kier molecular flexibility index (Phi) is 5.48. The third-order valence-electron chi connectivity index (χ3n) is 5.90. The Hall–Kier alpha value is -3.84. The van der Waals surface area contributed by atoms with Gasteiger partial charge in [-0.05, 0) is 43.9 Å². The van der Waals surface area contributed by atoms with Gasteiger partial charge in [-0.25, -0.2) is 4.98 Å². The molecule has 1 saturated carbocycles. The van der Waals surface area contributed by atoms with E-state index in [0.717, 1.165) is 61.7 Å². The van der Waals surface area contributed by atoms with Crippen molar-refractivity contribution >= 4 is 40.3 Å². The molecule has 3 aromatic rings. The zero-order chi connectivity index (χ0) is 22.9. The van der Waals surface area contributed by atoms with Crippen molar-refractivity contribution in [1.82, 2.24) is 14.6 Å². The van der Waals surface area contributed by atoms with Crippen molar-refractivity contribution in [3.05, 3.63) is 36.0 Å². The van der Waals surface area contributed by atoms with Crippen LogP contribution >= 0.6 is 0 Å². The van der Waals surface area contributed by atoms with Gasteiger partial charge >= 0.3 is 0 Å². The number of aromatic nitrogens is 3. The first kappa shape index (κ1) is 21.0. The Morgan fingerprint density at radius 3 is 2.85 bits per heavy atom. The molecule has 33 heavy (non-hydrogen) atoms. The molecule has 5 rings (SSSR count). The fourth-order valence-corrected chi connectivity index (χ4v) is 4.20. The summed E-state index contributed by atoms with van der Waals surface area (Å²) in [5.74, 6) is 1.24. The average molecular weight is 446 g/mol. The first-order valence-electron chi connectivity index (χ1n) is 11.2. The van der Waals surface area contributed by atoms with Crippen LogP contribution in [-0.2, 0) is 4.79 Å². The molecular weight excluding hydrogens is 418 g/mol. The van der Waals surface area contributed by atoms with E-state index in [1.807, 2.05) is 24.3 Å². The fraction of sp³-hybridized carbons (Fsp3) is 0.391. The van der Waals surface area contributed by atoms with Crippen LogP contribution in [0.15, 0.2) is 30.5 Å². The largest absolute Gasteiger partial charge is 0.368 e. The highest BCUT2D eigenvalue weighted by Crippen LogP contribution is 2.33. The lowest BCUT2D eigenvalue weighted by Gasteiger charge is -2.34. The molecule has 1 aliphatic carbocycles. The van der Waals surface area contributed by atoms with Gasteiger partial charge < -0.3 is 26.6 Å². The van der Waals surface area contributed by atoms with E-state index in [1.165, 1.54) is 13.1 Å². The number of hydrogen-bond donors (Lipinski definition) is 4. The van der Waals surface area contributed by atoms with Crippen LogP contribution in [-0.4, -0.2) is 45.7 Å². The number of nitriles is 1. The first-order valence-corrected chi connectivity index (χ1v) is 11.2. The Morgan fingerprint density at radius 2 is 2.12 bits per heavy atom. The number of piperidine rings is 1. The van der Waals surface area contributed by atoms with E-state index in [0.29, 0.717) is 23.1 Å². The molecule has 0 spiro atoms. The van der Waals surface area contributed by atoms with Gasteiger partial charge in [0.1, 0.15) is 23.3 Å². The summed E-state index contributed by atoms with van der Waals surface area (Å²) in [6, 6.07) is 10.4. The number of amides is 1. The van der Waals surface area contributed by atoms with Crippen LogP contribution in [0, 0.1) is 11.3 Å². The molecule has 0 bridgehead atoms. The predicted octanol–water partition coefficient (Wildman–Crippen LogP) is 2.80. The predicted molar refractivity (Wildman–Crippen MR) is 128 cm³/mol. The van der Waals surface area contributed by atoms with E-state index in [-0.39, 0.29) is 11.9 Å². The molecule has 1 aliphatic heterocycles. The lowest BCUT2D eigenvalue weighted by atomic mass is 10.1. The van der Waals surface area contributed by atoms with Crippen LogP contribution in [0.1, 0.15) is 38.2 Å². The van der Waals surface area contributed by atoms with Crippen LogP contribution in [0.5, 0.6) is 0 Å². The first-order chi connectivity index (χ1) is 16.0. The van der Waals surface area contributed by atoms with Crippen molar-refractivity contribution < 1.29 is 4.79 Å². The molecule has 1 amide bonds. The molecule has 10 heteroatoms. The van der Waals surface area contributed by atoms with Gasteiger partial charge in [0.25, 0.3) is 0 Å². The zero-order valence-corrected chi connectivity index (χ0v) is 18.5. The Balaban J connectivity index is 1.48. The van der Waals surface area contributed by atoms with Crippen LogP contribution in [0.4, 0.5) is 28.7 Å². The Morgan fingerprint density at radius 1 is 1.27 bits per heavy atom. The number of rotatable bonds is 6. The maximum absolute atomic E-state index is 11.9. The molecule has 1 aromatic carbocycles. The lowest BCUT2D eigenvalue weighted by molar-refractivity contribution is -0.114. The molecule has 10 nitrogen and oxygen atoms in total. The summed E-state index contributed by atoms with van der Waals surface area (Å²) in [7, 11) is 0. The SMILES string of the molecule is CC(=O)Nc1cc(Nc2cc(NC3CC3)n3ncc(C#N)c3n2)ccc1N1CCC[C@H](N)C1. The van der Waals surface area contributed by atoms with Crippen LogP contribution < -0.4 is 26.6 Å². The van der Waals surface area contributed by atoms with E-state index in [1.54, 1.807) is 4.52 Å². The maximum atomic E-state index is 11.9. The summed E-state index contributed by atoms with van der Waals surface area (Å²) in [5.41, 5.74) is 9.53. The second-order valence-corrected chi connectivity index (χ2v) is 8.74. The average Bonchev–Trinajstić information content (AvgIpc) is 3.49. The summed E-state index contributed by atoms with van der Waals surface area (Å²) in [4.78, 5) is 18.7. The summed E-state index contributed by atoms with van der Waals surface area (Å²) in [6.07, 6.45) is 5.78. The number of fused-ring (bicyclic) bond motifs is 1. The zero-order valence-electron chi connectivity index (χ0n) is 18.5. The summed E-state index contributed by atoms with van der Waals surface area (Å²) in [6.45, 7) is 3.16. The Labute approximate surface area is 191 Å². The molecular formula is C23H27N9O. The van der Waals surface area contributed by atoms with E-state index in [2.05, 4.69) is 37.0 Å². The number of benzene rings is 1. The molecule has 2 fully saturated rings. The quantitative estimate of drug-likeness (QED) is 0.455. The standard InChI is InChI=1S/C23H27N9O/c1-14(33)27-19-9-18(6-7-20(19)31-8-2-3-16(25)13-31)28-21-10-22(29-17-4-5-17)32-23(30-21)15(11-24)12-26-32/h6-7,9-10,12,16-17,29H,2-5,8,13,25H2,1H3,(H,27,33)(H,28,30)/t16-/m0/s1. The van der Waals surface area contributed by atoms with E-state index >= 15 is 0 Å². The molecule has 1 atom stereocenters. The number of nitrogens with two attached hydrogens (primary N) is 1. The molecule has 0 radical (unpaired) electrons. The molecule has 1 saturated heterocycles. The van der Waals surface area contributed by atoms with Gasteiger partial charge in [0.05, 0.1) is 17.6 Å². The molecule has 0 unspecified atom stereocenters. The molecule has 2 aliphatic rings. The second kappa shape index (κ2) is 8.60. The topological polar surface area (TPSA) is 136 Å². The summed E-state index contributed by atoms with van der Waals surface area (Å²) >= 11 is 0. The third kappa shape index (κ3) is 4.54. The van der Waals surface area contributed by atoms with Crippen molar-refractivity contribution in [3.63, 3.8) is 0 Å². The Bertz CT molecular complexity index is 1240. The van der Waals surface area contributed by atoms with Gasteiger partial charge in [-0.1, -0.05) is 0 Å². The van der Waals surface area contributed by atoms with Crippen molar-refractivity contribution in [2.75, 3.05) is 33.9 Å². The van der Waals surface area contributed by atoms with E-state index in [4.69, 9.17) is 5.73 Å². The number of anilines is 5. The molecule has 5 N–H and O–H groups in total. The summed E-state index contributed by atoms with van der Waals surface area (Å²) in [5, 5.41) is 23.5. The van der Waals surface area contributed by atoms with Crippen LogP contribution in [0.2, 0.25) is 0 Å². The van der Waals surface area contributed by atoms with Gasteiger partial charge in [-0.15, -0.1) is 0 Å². The molecule has 2 aromatic heterocycles. The van der Waals surface area contributed by atoms with Crippen LogP contribution in [0.3, 0.4) is 0 Å². The van der Waals surface area contributed by atoms with Gasteiger partial charge in [0.2, 0.25) is 5.91 Å². The molecule has 170 valence electrons. The third-order valence-corrected chi connectivity index (χ3v) is 5.90. The van der Waals surface area contributed by atoms with Gasteiger partial charge in [0, 0.05) is 43.9 Å². The van der Waals surface area contributed by atoms with Gasteiger partial charge in [-0.2, -0.15) is 14.9 Å².